The largest absolute Gasteiger partial charge is 1.00 e. The maximum Gasteiger partial charge on any atom is 0.0907 e. The second-order valence-corrected chi connectivity index (χ2v) is 5.80. The van der Waals surface area contributed by atoms with Crippen LogP contribution in [0.15, 0.2) is 0 Å². The lowest BCUT2D eigenvalue weighted by Crippen LogP contribution is -3.00. The Morgan fingerprint density at radius 3 is 0.833 bits per heavy atom. The second-order valence-electron chi connectivity index (χ2n) is 5.80. The summed E-state index contributed by atoms with van der Waals surface area (Å²) in [6, 6.07) is 0. The first-order chi connectivity index (χ1) is 4.50. The van der Waals surface area contributed by atoms with Crippen molar-refractivity contribution in [2.75, 3.05) is 14.1 Å². The summed E-state index contributed by atoms with van der Waals surface area (Å²) >= 11 is 0. The van der Waals surface area contributed by atoms with Gasteiger partial charge in [0.05, 0.1) is 25.2 Å². The lowest BCUT2D eigenvalue weighted by atomic mass is 9.93. The fourth-order valence-electron chi connectivity index (χ4n) is 1.01. The predicted molar refractivity (Wildman–Crippen MR) is 51.6 cm³/mol. The SMILES string of the molecule is CC(C)(C)[N+](C)(C)C(C)(C)C.[Br-]. The molecule has 0 unspecified atom stereocenters. The highest BCUT2D eigenvalue weighted by atomic mass is 79.9. The molecular weight excluding hydrogens is 214 g/mol. The molecule has 0 spiro atoms. The second kappa shape index (κ2) is 3.67. The summed E-state index contributed by atoms with van der Waals surface area (Å²) in [6.45, 7) is 13.7. The maximum atomic E-state index is 2.29. The molecule has 0 bridgehead atoms. The number of quaternary nitrogens is 1. The molecule has 12 heavy (non-hydrogen) atoms. The quantitative estimate of drug-likeness (QED) is 0.507. The molecule has 0 aromatic rings. The summed E-state index contributed by atoms with van der Waals surface area (Å²) < 4.78 is 1.04. The molecule has 0 saturated carbocycles. The fourth-order valence-corrected chi connectivity index (χ4v) is 1.01. The standard InChI is InChI=1S/C10H24N.BrH/c1-9(2,3)11(7,8)10(4,5)6;/h1-8H3;1H/q+1;/p-1. The molecular formula is C10H24BrN. The normalized spacial score (nSPS) is 14.0. The van der Waals surface area contributed by atoms with E-state index in [0.29, 0.717) is 11.1 Å². The molecule has 0 amide bonds. The summed E-state index contributed by atoms with van der Waals surface area (Å²) in [4.78, 5) is 0. The Kier molecular flexibility index (Phi) is 4.56. The number of hydrogen-bond acceptors (Lipinski definition) is 0. The molecule has 0 fully saturated rings. The Hall–Kier alpha value is 0.440. The zero-order valence-corrected chi connectivity index (χ0v) is 11.4. The predicted octanol–water partition coefficient (Wildman–Crippen LogP) is -0.336. The highest BCUT2D eigenvalue weighted by Gasteiger charge is 2.41. The van der Waals surface area contributed by atoms with Crippen molar-refractivity contribution in [1.29, 1.82) is 0 Å². The van der Waals surface area contributed by atoms with Gasteiger partial charge < -0.3 is 21.5 Å². The van der Waals surface area contributed by atoms with Gasteiger partial charge in [0.15, 0.2) is 0 Å². The van der Waals surface area contributed by atoms with Crippen molar-refractivity contribution < 1.29 is 21.5 Å². The minimum atomic E-state index is 0. The summed E-state index contributed by atoms with van der Waals surface area (Å²) in [5.74, 6) is 0. The van der Waals surface area contributed by atoms with Gasteiger partial charge >= 0.3 is 0 Å². The molecule has 0 saturated heterocycles. The van der Waals surface area contributed by atoms with Gasteiger partial charge in [-0.25, -0.2) is 0 Å². The van der Waals surface area contributed by atoms with Gasteiger partial charge in [-0.3, -0.25) is 0 Å². The van der Waals surface area contributed by atoms with E-state index in [9.17, 15) is 0 Å². The molecule has 0 aliphatic heterocycles. The van der Waals surface area contributed by atoms with Crippen molar-refractivity contribution in [3.8, 4) is 0 Å². The van der Waals surface area contributed by atoms with Crippen LogP contribution in [-0.2, 0) is 0 Å². The van der Waals surface area contributed by atoms with Crippen LogP contribution in [0.2, 0.25) is 0 Å². The molecule has 0 atom stereocenters. The minimum Gasteiger partial charge on any atom is -1.00 e. The highest BCUT2D eigenvalue weighted by Crippen LogP contribution is 2.29. The van der Waals surface area contributed by atoms with E-state index < -0.39 is 0 Å². The Bertz CT molecular complexity index is 121. The van der Waals surface area contributed by atoms with Crippen LogP contribution < -0.4 is 17.0 Å². The molecule has 0 aromatic heterocycles. The van der Waals surface area contributed by atoms with E-state index in [1.165, 1.54) is 0 Å². The van der Waals surface area contributed by atoms with Crippen LogP contribution in [0.3, 0.4) is 0 Å². The van der Waals surface area contributed by atoms with Gasteiger partial charge in [0.1, 0.15) is 0 Å². The minimum absolute atomic E-state index is 0. The van der Waals surface area contributed by atoms with Crippen LogP contribution in [0, 0.1) is 0 Å². The van der Waals surface area contributed by atoms with Crippen molar-refractivity contribution in [3.05, 3.63) is 0 Å². The van der Waals surface area contributed by atoms with Crippen LogP contribution in [0.1, 0.15) is 41.5 Å². The number of rotatable bonds is 0. The Morgan fingerprint density at radius 1 is 0.667 bits per heavy atom. The molecule has 0 aromatic carbocycles. The Morgan fingerprint density at radius 2 is 0.833 bits per heavy atom. The molecule has 0 N–H and O–H groups in total. The number of nitrogens with zero attached hydrogens (tertiary/aromatic N) is 1. The zero-order chi connectivity index (χ0) is 9.50. The summed E-state index contributed by atoms with van der Waals surface area (Å²) in [5, 5.41) is 0. The molecule has 1 nitrogen and oxygen atoms in total. The van der Waals surface area contributed by atoms with Crippen molar-refractivity contribution in [2.24, 2.45) is 0 Å². The first-order valence-corrected chi connectivity index (χ1v) is 4.34. The van der Waals surface area contributed by atoms with Crippen LogP contribution in [0.25, 0.3) is 0 Å². The fraction of sp³-hybridized carbons (Fsp3) is 1.00. The van der Waals surface area contributed by atoms with Crippen molar-refractivity contribution in [3.63, 3.8) is 0 Å². The van der Waals surface area contributed by atoms with Gasteiger partial charge in [-0.15, -0.1) is 0 Å². The van der Waals surface area contributed by atoms with Crippen LogP contribution >= 0.6 is 0 Å². The topological polar surface area (TPSA) is 0 Å². The van der Waals surface area contributed by atoms with Gasteiger partial charge in [-0.2, -0.15) is 0 Å². The highest BCUT2D eigenvalue weighted by molar-refractivity contribution is 4.70. The van der Waals surface area contributed by atoms with E-state index in [1.54, 1.807) is 0 Å². The van der Waals surface area contributed by atoms with Gasteiger partial charge in [-0.1, -0.05) is 0 Å². The van der Waals surface area contributed by atoms with Gasteiger partial charge in [0, 0.05) is 0 Å². The van der Waals surface area contributed by atoms with E-state index in [-0.39, 0.29) is 17.0 Å². The van der Waals surface area contributed by atoms with E-state index in [2.05, 4.69) is 55.6 Å². The molecule has 0 aliphatic carbocycles. The van der Waals surface area contributed by atoms with Crippen molar-refractivity contribution in [1.82, 2.24) is 0 Å². The van der Waals surface area contributed by atoms with Crippen LogP contribution in [0.4, 0.5) is 0 Å². The summed E-state index contributed by atoms with van der Waals surface area (Å²) in [6.07, 6.45) is 0. The van der Waals surface area contributed by atoms with Crippen molar-refractivity contribution >= 4 is 0 Å². The molecule has 76 valence electrons. The van der Waals surface area contributed by atoms with Gasteiger partial charge in [0.25, 0.3) is 0 Å². The Labute approximate surface area is 88.5 Å². The summed E-state index contributed by atoms with van der Waals surface area (Å²) in [7, 11) is 4.58. The lowest BCUT2D eigenvalue weighted by molar-refractivity contribution is -0.977. The molecule has 0 aliphatic rings. The summed E-state index contributed by atoms with van der Waals surface area (Å²) in [5.41, 5.74) is 0.635. The van der Waals surface area contributed by atoms with E-state index in [0.717, 1.165) is 4.48 Å². The smallest absolute Gasteiger partial charge is 0.0907 e. The number of halogens is 1. The third-order valence-corrected chi connectivity index (χ3v) is 3.35. The van der Waals surface area contributed by atoms with Gasteiger partial charge in [-0.05, 0) is 41.5 Å². The molecule has 0 heterocycles. The third kappa shape index (κ3) is 2.74. The first kappa shape index (κ1) is 14.9. The third-order valence-electron chi connectivity index (χ3n) is 3.35. The zero-order valence-electron chi connectivity index (χ0n) is 9.83. The lowest BCUT2D eigenvalue weighted by Gasteiger charge is -2.51. The molecule has 0 radical (unpaired) electrons. The number of hydrogen-bond donors (Lipinski definition) is 0. The van der Waals surface area contributed by atoms with E-state index in [1.807, 2.05) is 0 Å². The average Bonchev–Trinajstić information content (AvgIpc) is 1.58. The maximum absolute atomic E-state index is 2.29. The first-order valence-electron chi connectivity index (χ1n) is 4.34. The van der Waals surface area contributed by atoms with Gasteiger partial charge in [0.2, 0.25) is 0 Å². The monoisotopic (exact) mass is 237 g/mol. The Balaban J connectivity index is 0. The van der Waals surface area contributed by atoms with Crippen LogP contribution in [-0.4, -0.2) is 29.7 Å². The molecule has 0 rings (SSSR count). The van der Waals surface area contributed by atoms with Crippen molar-refractivity contribution in [2.45, 2.75) is 52.6 Å². The molecule has 2 heteroatoms. The van der Waals surface area contributed by atoms with Crippen LogP contribution in [0.5, 0.6) is 0 Å². The average molecular weight is 238 g/mol. The van der Waals surface area contributed by atoms with E-state index in [4.69, 9.17) is 0 Å². The van der Waals surface area contributed by atoms with E-state index >= 15 is 0 Å².